The number of hydrogen-bond donors (Lipinski definition) is 2. The van der Waals surface area contributed by atoms with E-state index in [0.717, 1.165) is 4.90 Å². The van der Waals surface area contributed by atoms with Gasteiger partial charge in [-0.3, -0.25) is 19.3 Å². The smallest absolute Gasteiger partial charge is 0.278 e. The van der Waals surface area contributed by atoms with Gasteiger partial charge in [-0.05, 0) is 29.8 Å². The normalized spacial score (nSPS) is 13.6. The SMILES string of the molecule is COCCN1C(=O)C(Nc2cccc(OC)c2)=C(c2ccc(NC(C)=O)cc2)C1=O. The quantitative estimate of drug-likeness (QED) is 0.651. The van der Waals surface area contributed by atoms with E-state index in [0.29, 0.717) is 22.7 Å². The Balaban J connectivity index is 2.00. The molecule has 2 aromatic rings. The number of amides is 3. The lowest BCUT2D eigenvalue weighted by Gasteiger charge is -2.14. The second-order valence-corrected chi connectivity index (χ2v) is 6.62. The van der Waals surface area contributed by atoms with Gasteiger partial charge in [0, 0.05) is 31.5 Å². The van der Waals surface area contributed by atoms with E-state index in [-0.39, 0.29) is 30.3 Å². The monoisotopic (exact) mass is 409 g/mol. The van der Waals surface area contributed by atoms with E-state index < -0.39 is 11.8 Å². The van der Waals surface area contributed by atoms with E-state index in [1.807, 2.05) is 0 Å². The molecule has 8 nitrogen and oxygen atoms in total. The molecule has 0 fully saturated rings. The molecule has 0 spiro atoms. The van der Waals surface area contributed by atoms with Crippen LogP contribution < -0.4 is 15.4 Å². The molecule has 1 heterocycles. The van der Waals surface area contributed by atoms with E-state index in [4.69, 9.17) is 9.47 Å². The zero-order chi connectivity index (χ0) is 21.7. The number of nitrogens with zero attached hydrogens (tertiary/aromatic N) is 1. The van der Waals surface area contributed by atoms with Crippen molar-refractivity contribution in [3.8, 4) is 5.75 Å². The summed E-state index contributed by atoms with van der Waals surface area (Å²) in [6.45, 7) is 1.79. The molecule has 1 aliphatic heterocycles. The van der Waals surface area contributed by atoms with Crippen molar-refractivity contribution in [2.45, 2.75) is 6.92 Å². The maximum absolute atomic E-state index is 13.1. The molecule has 0 radical (unpaired) electrons. The van der Waals surface area contributed by atoms with Gasteiger partial charge in [0.25, 0.3) is 11.8 Å². The van der Waals surface area contributed by atoms with Gasteiger partial charge in [-0.1, -0.05) is 18.2 Å². The fourth-order valence-corrected chi connectivity index (χ4v) is 3.11. The number of carbonyl (C=O) groups excluding carboxylic acids is 3. The van der Waals surface area contributed by atoms with Gasteiger partial charge >= 0.3 is 0 Å². The third-order valence-electron chi connectivity index (χ3n) is 4.52. The van der Waals surface area contributed by atoms with Gasteiger partial charge in [0.2, 0.25) is 5.91 Å². The Bertz CT molecular complexity index is 998. The molecule has 156 valence electrons. The summed E-state index contributed by atoms with van der Waals surface area (Å²) in [5, 5.41) is 5.75. The lowest BCUT2D eigenvalue weighted by atomic mass is 10.0. The standard InChI is InChI=1S/C22H23N3O5/c1-14(26)23-16-9-7-15(8-10-16)19-20(22(28)25(21(19)27)11-12-29-2)24-17-5-4-6-18(13-17)30-3/h4-10,13,24H,11-12H2,1-3H3,(H,23,26). The minimum absolute atomic E-state index is 0.144. The summed E-state index contributed by atoms with van der Waals surface area (Å²) in [4.78, 5) is 38.5. The number of carbonyl (C=O) groups is 3. The molecule has 2 N–H and O–H groups in total. The first kappa shape index (κ1) is 21.1. The molecule has 30 heavy (non-hydrogen) atoms. The van der Waals surface area contributed by atoms with E-state index in [9.17, 15) is 14.4 Å². The molecule has 1 aliphatic rings. The largest absolute Gasteiger partial charge is 0.497 e. The van der Waals surface area contributed by atoms with Crippen molar-refractivity contribution in [1.82, 2.24) is 4.90 Å². The highest BCUT2D eigenvalue weighted by Crippen LogP contribution is 2.31. The van der Waals surface area contributed by atoms with Crippen LogP contribution in [0.25, 0.3) is 5.57 Å². The Morgan fingerprint density at radius 1 is 1.00 bits per heavy atom. The highest BCUT2D eigenvalue weighted by Gasteiger charge is 2.39. The van der Waals surface area contributed by atoms with Crippen molar-refractivity contribution in [2.75, 3.05) is 38.0 Å². The molecule has 0 saturated carbocycles. The van der Waals surface area contributed by atoms with Crippen molar-refractivity contribution in [2.24, 2.45) is 0 Å². The molecule has 3 amide bonds. The van der Waals surface area contributed by atoms with Crippen LogP contribution in [0.4, 0.5) is 11.4 Å². The average Bonchev–Trinajstić information content (AvgIpc) is 2.96. The summed E-state index contributed by atoms with van der Waals surface area (Å²) in [6.07, 6.45) is 0. The van der Waals surface area contributed by atoms with Gasteiger partial charge in [0.1, 0.15) is 11.4 Å². The van der Waals surface area contributed by atoms with E-state index in [1.54, 1.807) is 55.6 Å². The maximum Gasteiger partial charge on any atom is 0.278 e. The molecule has 0 aromatic heterocycles. The fourth-order valence-electron chi connectivity index (χ4n) is 3.11. The van der Waals surface area contributed by atoms with E-state index in [1.165, 1.54) is 14.0 Å². The van der Waals surface area contributed by atoms with Crippen molar-refractivity contribution in [1.29, 1.82) is 0 Å². The predicted molar refractivity (Wildman–Crippen MR) is 113 cm³/mol. The Kier molecular flexibility index (Phi) is 6.48. The molecular weight excluding hydrogens is 386 g/mol. The molecule has 0 unspecified atom stereocenters. The summed E-state index contributed by atoms with van der Waals surface area (Å²) in [5.74, 6) is -0.412. The van der Waals surface area contributed by atoms with E-state index >= 15 is 0 Å². The fraction of sp³-hybridized carbons (Fsp3) is 0.227. The van der Waals surface area contributed by atoms with Crippen LogP contribution in [0.1, 0.15) is 12.5 Å². The Morgan fingerprint density at radius 3 is 2.37 bits per heavy atom. The molecule has 0 atom stereocenters. The summed E-state index contributed by atoms with van der Waals surface area (Å²) in [6, 6.07) is 13.8. The molecular formula is C22H23N3O5. The zero-order valence-corrected chi connectivity index (χ0v) is 17.0. The van der Waals surface area contributed by atoms with Crippen LogP contribution in [0.5, 0.6) is 5.75 Å². The van der Waals surface area contributed by atoms with Crippen LogP contribution in [0.15, 0.2) is 54.2 Å². The highest BCUT2D eigenvalue weighted by molar-refractivity contribution is 6.36. The molecule has 2 aromatic carbocycles. The number of ether oxygens (including phenoxy) is 2. The number of rotatable bonds is 8. The average molecular weight is 409 g/mol. The van der Waals surface area contributed by atoms with Gasteiger partial charge < -0.3 is 20.1 Å². The second-order valence-electron chi connectivity index (χ2n) is 6.62. The van der Waals surface area contributed by atoms with Crippen LogP contribution in [0.3, 0.4) is 0 Å². The van der Waals surface area contributed by atoms with Gasteiger partial charge in [-0.2, -0.15) is 0 Å². The first-order valence-corrected chi connectivity index (χ1v) is 9.33. The van der Waals surface area contributed by atoms with Crippen molar-refractivity contribution >= 4 is 34.7 Å². The van der Waals surface area contributed by atoms with Crippen LogP contribution in [0.2, 0.25) is 0 Å². The number of anilines is 2. The number of imide groups is 1. The number of benzene rings is 2. The molecule has 3 rings (SSSR count). The molecule has 0 saturated heterocycles. The molecule has 8 heteroatoms. The van der Waals surface area contributed by atoms with Crippen molar-refractivity contribution < 1.29 is 23.9 Å². The van der Waals surface area contributed by atoms with E-state index in [2.05, 4.69) is 10.6 Å². The molecule has 0 bridgehead atoms. The summed E-state index contributed by atoms with van der Waals surface area (Å²) < 4.78 is 10.3. The zero-order valence-electron chi connectivity index (χ0n) is 17.0. The van der Waals surface area contributed by atoms with Crippen LogP contribution in [0, 0.1) is 0 Å². The van der Waals surface area contributed by atoms with Gasteiger partial charge in [0.05, 0.1) is 25.8 Å². The first-order valence-electron chi connectivity index (χ1n) is 9.33. The lowest BCUT2D eigenvalue weighted by molar-refractivity contribution is -0.137. The van der Waals surface area contributed by atoms with Crippen LogP contribution >= 0.6 is 0 Å². The summed E-state index contributed by atoms with van der Waals surface area (Å²) >= 11 is 0. The van der Waals surface area contributed by atoms with Gasteiger partial charge in [-0.15, -0.1) is 0 Å². The number of hydrogen-bond acceptors (Lipinski definition) is 6. The topological polar surface area (TPSA) is 97.0 Å². The van der Waals surface area contributed by atoms with Crippen LogP contribution in [-0.2, 0) is 19.1 Å². The van der Waals surface area contributed by atoms with Crippen molar-refractivity contribution in [3.05, 3.63) is 59.8 Å². The highest BCUT2D eigenvalue weighted by atomic mass is 16.5. The summed E-state index contributed by atoms with van der Waals surface area (Å²) in [7, 11) is 3.06. The Hall–Kier alpha value is -3.65. The second kappa shape index (κ2) is 9.23. The Labute approximate surface area is 174 Å². The maximum atomic E-state index is 13.1. The third-order valence-corrected chi connectivity index (χ3v) is 4.52. The minimum atomic E-state index is -0.430. The molecule has 0 aliphatic carbocycles. The van der Waals surface area contributed by atoms with Crippen LogP contribution in [-0.4, -0.2) is 50.0 Å². The predicted octanol–water partition coefficient (Wildman–Crippen LogP) is 2.49. The first-order chi connectivity index (χ1) is 14.4. The minimum Gasteiger partial charge on any atom is -0.497 e. The third kappa shape index (κ3) is 4.49. The van der Waals surface area contributed by atoms with Crippen molar-refractivity contribution in [3.63, 3.8) is 0 Å². The number of methoxy groups -OCH3 is 2. The lowest BCUT2D eigenvalue weighted by Crippen LogP contribution is -2.35. The number of nitrogens with one attached hydrogen (secondary N) is 2. The van der Waals surface area contributed by atoms with Gasteiger partial charge in [0.15, 0.2) is 0 Å². The summed E-state index contributed by atoms with van der Waals surface area (Å²) in [5.41, 5.74) is 2.21. The Morgan fingerprint density at radius 2 is 1.73 bits per heavy atom. The van der Waals surface area contributed by atoms with Gasteiger partial charge in [-0.25, -0.2) is 0 Å².